The summed E-state index contributed by atoms with van der Waals surface area (Å²) in [6, 6.07) is 9.92. The lowest BCUT2D eigenvalue weighted by atomic mass is 10.0. The zero-order valence-electron chi connectivity index (χ0n) is 11.8. The van der Waals surface area contributed by atoms with Crippen molar-refractivity contribution in [2.75, 3.05) is 17.4 Å². The predicted octanol–water partition coefficient (Wildman–Crippen LogP) is 3.25. The summed E-state index contributed by atoms with van der Waals surface area (Å²) >= 11 is 0. The highest BCUT2D eigenvalue weighted by atomic mass is 16.5. The van der Waals surface area contributed by atoms with Crippen molar-refractivity contribution in [1.29, 1.82) is 0 Å². The highest BCUT2D eigenvalue weighted by Gasteiger charge is 2.19. The Morgan fingerprint density at radius 1 is 1.33 bits per heavy atom. The van der Waals surface area contributed by atoms with Crippen molar-refractivity contribution in [1.82, 2.24) is 4.98 Å². The van der Waals surface area contributed by atoms with Gasteiger partial charge in [0.2, 0.25) is 0 Å². The normalized spacial score (nSPS) is 11.7. The van der Waals surface area contributed by atoms with Crippen molar-refractivity contribution in [2.45, 2.75) is 6.61 Å². The van der Waals surface area contributed by atoms with Crippen LogP contribution in [0.25, 0.3) is 11.1 Å². The SMILES string of the molecule is C=CN(N=C)c1ccc2c(c1)OCc1nc(NC)ccc1-2. The standard InChI is InChI=1S/C16H16N4O/c1-4-20(18-3)11-5-6-13-12-7-8-16(17-2)19-14(12)10-21-15(13)9-11/h4-9H,1,3,10H2,2H3,(H,17,19). The Morgan fingerprint density at radius 2 is 2.14 bits per heavy atom. The highest BCUT2D eigenvalue weighted by molar-refractivity contribution is 5.77. The molecule has 106 valence electrons. The number of hydrogen-bond donors (Lipinski definition) is 1. The van der Waals surface area contributed by atoms with Crippen LogP contribution in [0.5, 0.6) is 5.75 Å². The van der Waals surface area contributed by atoms with E-state index >= 15 is 0 Å². The van der Waals surface area contributed by atoms with E-state index in [1.54, 1.807) is 11.2 Å². The van der Waals surface area contributed by atoms with E-state index < -0.39 is 0 Å². The zero-order chi connectivity index (χ0) is 14.8. The van der Waals surface area contributed by atoms with E-state index in [1.165, 1.54) is 0 Å². The van der Waals surface area contributed by atoms with Gasteiger partial charge in [0.05, 0.1) is 11.4 Å². The van der Waals surface area contributed by atoms with Crippen LogP contribution >= 0.6 is 0 Å². The summed E-state index contributed by atoms with van der Waals surface area (Å²) < 4.78 is 5.82. The Morgan fingerprint density at radius 3 is 2.86 bits per heavy atom. The van der Waals surface area contributed by atoms with Crippen molar-refractivity contribution in [3.05, 3.63) is 48.8 Å². The molecule has 1 aromatic carbocycles. The fraction of sp³-hybridized carbons (Fsp3) is 0.125. The third-order valence-electron chi connectivity index (χ3n) is 3.44. The molecule has 2 aromatic rings. The van der Waals surface area contributed by atoms with E-state index in [0.717, 1.165) is 34.1 Å². The molecule has 1 N–H and O–H groups in total. The van der Waals surface area contributed by atoms with Gasteiger partial charge in [-0.2, -0.15) is 5.10 Å². The lowest BCUT2D eigenvalue weighted by Crippen LogP contribution is -2.11. The second kappa shape index (κ2) is 5.28. The third-order valence-corrected chi connectivity index (χ3v) is 3.44. The van der Waals surface area contributed by atoms with Crippen LogP contribution in [-0.4, -0.2) is 18.7 Å². The molecular formula is C16H16N4O. The number of fused-ring (bicyclic) bond motifs is 3. The van der Waals surface area contributed by atoms with Crippen molar-refractivity contribution in [3.8, 4) is 16.9 Å². The van der Waals surface area contributed by atoms with Crippen molar-refractivity contribution >= 4 is 18.2 Å². The molecule has 0 bridgehead atoms. The lowest BCUT2D eigenvalue weighted by molar-refractivity contribution is 0.297. The molecule has 1 aromatic heterocycles. The maximum atomic E-state index is 5.82. The molecule has 5 nitrogen and oxygen atoms in total. The number of aromatic nitrogens is 1. The minimum Gasteiger partial charge on any atom is -0.487 e. The number of nitrogens with one attached hydrogen (secondary N) is 1. The Balaban J connectivity index is 2.06. The number of nitrogens with zero attached hydrogens (tertiary/aromatic N) is 3. The molecule has 2 heterocycles. The van der Waals surface area contributed by atoms with Crippen LogP contribution in [0, 0.1) is 0 Å². The summed E-state index contributed by atoms with van der Waals surface area (Å²) in [5.74, 6) is 1.65. The number of rotatable bonds is 4. The van der Waals surface area contributed by atoms with Crippen LogP contribution < -0.4 is 15.1 Å². The van der Waals surface area contributed by atoms with Gasteiger partial charge in [0, 0.05) is 37.2 Å². The lowest BCUT2D eigenvalue weighted by Gasteiger charge is -2.22. The second-order valence-electron chi connectivity index (χ2n) is 4.58. The first-order chi connectivity index (χ1) is 10.3. The molecule has 21 heavy (non-hydrogen) atoms. The molecule has 0 saturated heterocycles. The Labute approximate surface area is 123 Å². The molecule has 0 unspecified atom stereocenters. The molecule has 0 atom stereocenters. The number of pyridine rings is 1. The predicted molar refractivity (Wildman–Crippen MR) is 85.8 cm³/mol. The minimum atomic E-state index is 0.455. The summed E-state index contributed by atoms with van der Waals surface area (Å²) in [6.45, 7) is 7.69. The highest BCUT2D eigenvalue weighted by Crippen LogP contribution is 2.39. The average molecular weight is 280 g/mol. The molecule has 0 aliphatic carbocycles. The number of benzene rings is 1. The van der Waals surface area contributed by atoms with E-state index in [2.05, 4.69) is 34.8 Å². The largest absolute Gasteiger partial charge is 0.487 e. The zero-order valence-corrected chi connectivity index (χ0v) is 11.8. The van der Waals surface area contributed by atoms with Gasteiger partial charge in [-0.3, -0.25) is 0 Å². The van der Waals surface area contributed by atoms with Crippen LogP contribution in [0.3, 0.4) is 0 Å². The molecule has 0 fully saturated rings. The summed E-state index contributed by atoms with van der Waals surface area (Å²) in [4.78, 5) is 4.53. The summed E-state index contributed by atoms with van der Waals surface area (Å²) in [5.41, 5.74) is 3.92. The van der Waals surface area contributed by atoms with Gasteiger partial charge in [-0.05, 0) is 24.3 Å². The van der Waals surface area contributed by atoms with Gasteiger partial charge in [-0.25, -0.2) is 9.99 Å². The molecule has 1 aliphatic heterocycles. The molecule has 3 rings (SSSR count). The minimum absolute atomic E-state index is 0.455. The van der Waals surface area contributed by atoms with Gasteiger partial charge in [0.1, 0.15) is 18.2 Å². The number of ether oxygens (including phenoxy) is 1. The smallest absolute Gasteiger partial charge is 0.131 e. The molecule has 1 aliphatic rings. The molecule has 0 saturated carbocycles. The number of anilines is 2. The van der Waals surface area contributed by atoms with Crippen molar-refractivity contribution < 1.29 is 4.74 Å². The summed E-state index contributed by atoms with van der Waals surface area (Å²) in [7, 11) is 1.85. The fourth-order valence-electron chi connectivity index (χ4n) is 2.38. The van der Waals surface area contributed by atoms with E-state index in [4.69, 9.17) is 4.74 Å². The van der Waals surface area contributed by atoms with Crippen LogP contribution in [0.4, 0.5) is 11.5 Å². The van der Waals surface area contributed by atoms with Crippen LogP contribution in [0.2, 0.25) is 0 Å². The fourth-order valence-corrected chi connectivity index (χ4v) is 2.38. The van der Waals surface area contributed by atoms with E-state index in [1.807, 2.05) is 31.3 Å². The number of hydrogen-bond acceptors (Lipinski definition) is 5. The van der Waals surface area contributed by atoms with Crippen LogP contribution in [0.15, 0.2) is 48.2 Å². The topological polar surface area (TPSA) is 49.8 Å². The van der Waals surface area contributed by atoms with Gasteiger partial charge in [0.15, 0.2) is 0 Å². The van der Waals surface area contributed by atoms with Gasteiger partial charge in [0.25, 0.3) is 0 Å². The van der Waals surface area contributed by atoms with Gasteiger partial charge >= 0.3 is 0 Å². The molecule has 0 spiro atoms. The van der Waals surface area contributed by atoms with E-state index in [9.17, 15) is 0 Å². The average Bonchev–Trinajstić information content (AvgIpc) is 2.55. The van der Waals surface area contributed by atoms with Gasteiger partial charge in [-0.15, -0.1) is 0 Å². The molecule has 0 amide bonds. The van der Waals surface area contributed by atoms with Gasteiger partial charge < -0.3 is 10.1 Å². The maximum absolute atomic E-state index is 5.82. The quantitative estimate of drug-likeness (QED) is 0.690. The Kier molecular flexibility index (Phi) is 3.31. The van der Waals surface area contributed by atoms with Gasteiger partial charge in [-0.1, -0.05) is 6.58 Å². The first-order valence-corrected chi connectivity index (χ1v) is 6.60. The maximum Gasteiger partial charge on any atom is 0.131 e. The van der Waals surface area contributed by atoms with E-state index in [0.29, 0.717) is 6.61 Å². The molecular weight excluding hydrogens is 264 g/mol. The second-order valence-corrected chi connectivity index (χ2v) is 4.58. The molecule has 0 radical (unpaired) electrons. The molecule has 5 heteroatoms. The van der Waals surface area contributed by atoms with Crippen LogP contribution in [-0.2, 0) is 6.61 Å². The first kappa shape index (κ1) is 13.2. The monoisotopic (exact) mass is 280 g/mol. The number of hydrazone groups is 1. The Bertz CT molecular complexity index is 703. The Hall–Kier alpha value is -2.82. The van der Waals surface area contributed by atoms with Crippen molar-refractivity contribution in [2.24, 2.45) is 5.10 Å². The third kappa shape index (κ3) is 2.23. The van der Waals surface area contributed by atoms with Crippen LogP contribution in [0.1, 0.15) is 5.69 Å². The summed E-state index contributed by atoms with van der Waals surface area (Å²) in [5, 5.41) is 8.52. The van der Waals surface area contributed by atoms with Crippen molar-refractivity contribution in [3.63, 3.8) is 0 Å². The first-order valence-electron chi connectivity index (χ1n) is 6.60. The van der Waals surface area contributed by atoms with E-state index in [-0.39, 0.29) is 0 Å². The summed E-state index contributed by atoms with van der Waals surface area (Å²) in [6.07, 6.45) is 1.60.